The highest BCUT2D eigenvalue weighted by atomic mass is 35.5. The van der Waals surface area contributed by atoms with Crippen LogP contribution in [0.5, 0.6) is 5.75 Å². The summed E-state index contributed by atoms with van der Waals surface area (Å²) in [6.07, 6.45) is 5.92. The Morgan fingerprint density at radius 1 is 1.14 bits per heavy atom. The molecule has 2 aromatic heterocycles. The van der Waals surface area contributed by atoms with Gasteiger partial charge < -0.3 is 15.4 Å². The topological polar surface area (TPSA) is 63.5 Å². The van der Waals surface area contributed by atoms with E-state index >= 15 is 0 Å². The minimum absolute atomic E-state index is 0.205. The molecule has 0 bridgehead atoms. The molecule has 7 heteroatoms. The van der Waals surface area contributed by atoms with Crippen molar-refractivity contribution in [1.29, 1.82) is 0 Å². The molecule has 5 rings (SSSR count). The number of nitrogens with zero attached hydrogens (tertiary/aromatic N) is 3. The molecular formula is C21H20ClN5O. The highest BCUT2D eigenvalue weighted by Gasteiger charge is 2.18. The lowest BCUT2D eigenvalue weighted by Gasteiger charge is -2.24. The van der Waals surface area contributed by atoms with Crippen LogP contribution < -0.4 is 15.4 Å². The van der Waals surface area contributed by atoms with Crippen molar-refractivity contribution in [3.63, 3.8) is 0 Å². The highest BCUT2D eigenvalue weighted by molar-refractivity contribution is 6.30. The van der Waals surface area contributed by atoms with Crippen molar-refractivity contribution in [1.82, 2.24) is 19.7 Å². The molecule has 28 heavy (non-hydrogen) atoms. The molecule has 1 aliphatic rings. The van der Waals surface area contributed by atoms with Crippen LogP contribution in [0.25, 0.3) is 16.7 Å². The zero-order valence-electron chi connectivity index (χ0n) is 15.2. The van der Waals surface area contributed by atoms with Gasteiger partial charge in [-0.3, -0.25) is 4.40 Å². The number of para-hydroxylation sites is 1. The van der Waals surface area contributed by atoms with Gasteiger partial charge in [0.1, 0.15) is 17.4 Å². The normalized spacial score (nSPS) is 15.2. The van der Waals surface area contributed by atoms with E-state index in [4.69, 9.17) is 21.3 Å². The second-order valence-corrected chi connectivity index (χ2v) is 7.34. The van der Waals surface area contributed by atoms with Crippen LogP contribution in [-0.2, 0) is 0 Å². The Balaban J connectivity index is 1.61. The molecule has 0 amide bonds. The number of piperidine rings is 1. The Morgan fingerprint density at radius 3 is 2.86 bits per heavy atom. The number of hydrogen-bond donors (Lipinski definition) is 2. The molecule has 6 nitrogen and oxygen atoms in total. The summed E-state index contributed by atoms with van der Waals surface area (Å²) in [7, 11) is 0. The molecule has 142 valence electrons. The monoisotopic (exact) mass is 393 g/mol. The quantitative estimate of drug-likeness (QED) is 0.537. The van der Waals surface area contributed by atoms with Crippen LogP contribution in [0.2, 0.25) is 5.02 Å². The lowest BCUT2D eigenvalue weighted by atomic mass is 10.1. The molecule has 0 radical (unpaired) electrons. The van der Waals surface area contributed by atoms with Crippen molar-refractivity contribution in [2.75, 3.05) is 18.4 Å². The van der Waals surface area contributed by atoms with Gasteiger partial charge in [-0.05, 0) is 56.3 Å². The molecule has 3 heterocycles. The Hall–Kier alpha value is -2.83. The summed E-state index contributed by atoms with van der Waals surface area (Å²) < 4.78 is 8.37. The number of rotatable bonds is 4. The van der Waals surface area contributed by atoms with E-state index < -0.39 is 0 Å². The van der Waals surface area contributed by atoms with Gasteiger partial charge in [0.25, 0.3) is 0 Å². The lowest BCUT2D eigenvalue weighted by molar-refractivity contribution is 0.164. The molecular weight excluding hydrogens is 374 g/mol. The van der Waals surface area contributed by atoms with Gasteiger partial charge in [0.2, 0.25) is 0 Å². The maximum Gasteiger partial charge on any atom is 0.180 e. The summed E-state index contributed by atoms with van der Waals surface area (Å²) in [6, 6.07) is 13.6. The van der Waals surface area contributed by atoms with Gasteiger partial charge >= 0.3 is 0 Å². The molecule has 0 spiro atoms. The van der Waals surface area contributed by atoms with Crippen LogP contribution in [0.3, 0.4) is 0 Å². The average molecular weight is 394 g/mol. The van der Waals surface area contributed by atoms with Crippen molar-refractivity contribution in [3.8, 4) is 5.75 Å². The van der Waals surface area contributed by atoms with Gasteiger partial charge in [-0.15, -0.1) is 0 Å². The van der Waals surface area contributed by atoms with Crippen LogP contribution in [0.4, 0.5) is 11.5 Å². The molecule has 2 aromatic carbocycles. The molecule has 4 aromatic rings. The van der Waals surface area contributed by atoms with Crippen molar-refractivity contribution >= 4 is 39.8 Å². The standard InChI is InChI=1S/C21H20ClN5O/c22-14-3-1-4-15(13-14)25-20-21-24-11-12-27(21)17-5-2-6-18(19(17)26-20)28-16-7-9-23-10-8-16/h1-6,11-13,16,23H,7-10H2,(H,25,26). The second kappa shape index (κ2) is 7.30. The van der Waals surface area contributed by atoms with E-state index in [0.29, 0.717) is 10.8 Å². The number of anilines is 2. The fourth-order valence-corrected chi connectivity index (χ4v) is 3.82. The fourth-order valence-electron chi connectivity index (χ4n) is 3.63. The molecule has 1 saturated heterocycles. The second-order valence-electron chi connectivity index (χ2n) is 6.91. The van der Waals surface area contributed by atoms with Gasteiger partial charge in [0.15, 0.2) is 11.5 Å². The van der Waals surface area contributed by atoms with Crippen LogP contribution in [0, 0.1) is 0 Å². The Morgan fingerprint density at radius 2 is 2.00 bits per heavy atom. The third-order valence-corrected chi connectivity index (χ3v) is 5.22. The van der Waals surface area contributed by atoms with Crippen LogP contribution >= 0.6 is 11.6 Å². The molecule has 0 atom stereocenters. The molecule has 0 unspecified atom stereocenters. The number of ether oxygens (including phenoxy) is 1. The number of imidazole rings is 1. The number of hydrogen-bond acceptors (Lipinski definition) is 5. The maximum atomic E-state index is 6.33. The van der Waals surface area contributed by atoms with Gasteiger partial charge in [-0.2, -0.15) is 0 Å². The highest BCUT2D eigenvalue weighted by Crippen LogP contribution is 2.31. The SMILES string of the molecule is Clc1cccc(Nc2nc3c(OC4CCNCC4)cccc3n3ccnc23)c1. The fraction of sp³-hybridized carbons (Fsp3) is 0.238. The van der Waals surface area contributed by atoms with Crippen LogP contribution in [0.15, 0.2) is 54.9 Å². The zero-order chi connectivity index (χ0) is 18.9. The summed E-state index contributed by atoms with van der Waals surface area (Å²) in [5.74, 6) is 1.47. The van der Waals surface area contributed by atoms with E-state index in [1.165, 1.54) is 0 Å². The Bertz CT molecular complexity index is 1140. The predicted octanol–water partition coefficient (Wildman–Crippen LogP) is 4.41. The summed E-state index contributed by atoms with van der Waals surface area (Å²) in [5, 5.41) is 7.39. The van der Waals surface area contributed by atoms with Crippen molar-refractivity contribution in [3.05, 3.63) is 59.9 Å². The van der Waals surface area contributed by atoms with E-state index in [1.807, 2.05) is 53.1 Å². The summed E-state index contributed by atoms with van der Waals surface area (Å²) in [4.78, 5) is 9.38. The van der Waals surface area contributed by atoms with Crippen molar-refractivity contribution < 1.29 is 4.74 Å². The first-order valence-electron chi connectivity index (χ1n) is 9.44. The summed E-state index contributed by atoms with van der Waals surface area (Å²) in [6.45, 7) is 1.96. The Labute approximate surface area is 167 Å². The summed E-state index contributed by atoms with van der Waals surface area (Å²) in [5.41, 5.74) is 3.40. The van der Waals surface area contributed by atoms with Crippen LogP contribution in [-0.4, -0.2) is 33.6 Å². The van der Waals surface area contributed by atoms with Gasteiger partial charge in [0, 0.05) is 23.1 Å². The molecule has 0 saturated carbocycles. The van der Waals surface area contributed by atoms with E-state index in [-0.39, 0.29) is 6.10 Å². The van der Waals surface area contributed by atoms with E-state index in [9.17, 15) is 0 Å². The molecule has 1 aliphatic heterocycles. The zero-order valence-corrected chi connectivity index (χ0v) is 16.0. The summed E-state index contributed by atoms with van der Waals surface area (Å²) >= 11 is 6.13. The first kappa shape index (κ1) is 17.3. The predicted molar refractivity (Wildman–Crippen MR) is 112 cm³/mol. The lowest BCUT2D eigenvalue weighted by Crippen LogP contribution is -2.34. The first-order chi connectivity index (χ1) is 13.8. The minimum Gasteiger partial charge on any atom is -0.488 e. The molecule has 0 aliphatic carbocycles. The minimum atomic E-state index is 0.205. The van der Waals surface area contributed by atoms with Crippen LogP contribution in [0.1, 0.15) is 12.8 Å². The number of nitrogens with one attached hydrogen (secondary N) is 2. The first-order valence-corrected chi connectivity index (χ1v) is 9.81. The third-order valence-electron chi connectivity index (χ3n) is 4.98. The van der Waals surface area contributed by atoms with E-state index in [2.05, 4.69) is 15.6 Å². The smallest absolute Gasteiger partial charge is 0.180 e. The number of halogens is 1. The number of fused-ring (bicyclic) bond motifs is 3. The van der Waals surface area contributed by atoms with Crippen molar-refractivity contribution in [2.45, 2.75) is 18.9 Å². The average Bonchev–Trinajstić information content (AvgIpc) is 3.20. The Kier molecular flexibility index (Phi) is 4.50. The van der Waals surface area contributed by atoms with E-state index in [1.54, 1.807) is 6.20 Å². The number of aromatic nitrogens is 3. The molecule has 1 fully saturated rings. The molecule has 2 N–H and O–H groups in total. The van der Waals surface area contributed by atoms with Gasteiger partial charge in [-0.1, -0.05) is 23.7 Å². The van der Waals surface area contributed by atoms with Gasteiger partial charge in [-0.25, -0.2) is 9.97 Å². The number of benzene rings is 2. The van der Waals surface area contributed by atoms with E-state index in [0.717, 1.165) is 54.0 Å². The van der Waals surface area contributed by atoms with Gasteiger partial charge in [0.05, 0.1) is 5.52 Å². The maximum absolute atomic E-state index is 6.33. The van der Waals surface area contributed by atoms with Crippen molar-refractivity contribution in [2.24, 2.45) is 0 Å². The third kappa shape index (κ3) is 3.25. The largest absolute Gasteiger partial charge is 0.488 e.